The Kier molecular flexibility index (Phi) is 6.95. The molecule has 39 heavy (non-hydrogen) atoms. The Labute approximate surface area is 236 Å². The van der Waals surface area contributed by atoms with Crippen molar-refractivity contribution in [3.8, 4) is 0 Å². The number of H-pyrrole nitrogens is 1. The van der Waals surface area contributed by atoms with Crippen molar-refractivity contribution < 1.29 is 18.0 Å². The van der Waals surface area contributed by atoms with Gasteiger partial charge in [0.25, 0.3) is 15.9 Å². The number of nitrogens with one attached hydrogen (secondary N) is 2. The summed E-state index contributed by atoms with van der Waals surface area (Å²) in [7, 11) is -3.87. The number of thiazole rings is 1. The zero-order chi connectivity index (χ0) is 27.5. The summed E-state index contributed by atoms with van der Waals surface area (Å²) < 4.78 is 28.8. The second kappa shape index (κ2) is 10.2. The fraction of sp³-hybridized carbons (Fsp3) is 0.500. The van der Waals surface area contributed by atoms with Crippen LogP contribution in [0.4, 0.5) is 0 Å². The first-order valence-corrected chi connectivity index (χ1v) is 15.9. The van der Waals surface area contributed by atoms with Gasteiger partial charge in [-0.15, -0.1) is 11.3 Å². The molecule has 3 aromatic rings. The second-order valence-electron chi connectivity index (χ2n) is 10.6. The van der Waals surface area contributed by atoms with Crippen molar-refractivity contribution in [2.75, 3.05) is 32.7 Å². The number of nitrogens with zero attached hydrogens (tertiary/aromatic N) is 4. The summed E-state index contributed by atoms with van der Waals surface area (Å²) in [6.45, 7) is 6.25. The number of piperazine rings is 1. The molecule has 208 valence electrons. The van der Waals surface area contributed by atoms with Crippen molar-refractivity contribution in [2.24, 2.45) is 0 Å². The van der Waals surface area contributed by atoms with Crippen molar-refractivity contribution in [1.29, 1.82) is 0 Å². The van der Waals surface area contributed by atoms with E-state index in [1.165, 1.54) is 15.6 Å². The number of fused-ring (bicyclic) bond motifs is 2. The van der Waals surface area contributed by atoms with Crippen LogP contribution in [0.3, 0.4) is 0 Å². The molecule has 6 rings (SSSR count). The first-order valence-electron chi connectivity index (χ1n) is 13.2. The van der Waals surface area contributed by atoms with Gasteiger partial charge in [0, 0.05) is 78.5 Å². The van der Waals surface area contributed by atoms with Gasteiger partial charge < -0.3 is 20.1 Å². The number of amides is 2. The third-order valence-corrected chi connectivity index (χ3v) is 11.2. The molecule has 0 aliphatic carbocycles. The Hall–Kier alpha value is -2.51. The van der Waals surface area contributed by atoms with Crippen LogP contribution in [0, 0.1) is 0 Å². The molecule has 2 fully saturated rings. The molecule has 2 N–H and O–H groups in total. The number of hydrogen-bond donors (Lipinski definition) is 2. The van der Waals surface area contributed by atoms with Gasteiger partial charge in [0.1, 0.15) is 5.03 Å². The Morgan fingerprint density at radius 2 is 2.03 bits per heavy atom. The van der Waals surface area contributed by atoms with E-state index in [-0.39, 0.29) is 48.4 Å². The molecule has 10 nitrogen and oxygen atoms in total. The van der Waals surface area contributed by atoms with E-state index < -0.39 is 16.1 Å². The molecule has 0 radical (unpaired) electrons. The normalized spacial score (nSPS) is 24.5. The van der Waals surface area contributed by atoms with Crippen LogP contribution in [-0.2, 0) is 21.4 Å². The first-order chi connectivity index (χ1) is 18.6. The Balaban J connectivity index is 1.28. The van der Waals surface area contributed by atoms with Crippen LogP contribution in [0.15, 0.2) is 29.3 Å². The highest BCUT2D eigenvalue weighted by Gasteiger charge is 2.40. The van der Waals surface area contributed by atoms with Crippen molar-refractivity contribution >= 4 is 55.7 Å². The Morgan fingerprint density at radius 3 is 2.79 bits per heavy atom. The SMILES string of the molecule is CC1NCc2sc(C(=O)N3CCN(S(=O)(=O)c4cc5cc(Cl)ccc5[nH]4)CC3CN3CCCC3=O)nc2C1C. The lowest BCUT2D eigenvalue weighted by Crippen LogP contribution is -2.59. The monoisotopic (exact) mass is 590 g/mol. The van der Waals surface area contributed by atoms with Crippen LogP contribution in [0.5, 0.6) is 0 Å². The van der Waals surface area contributed by atoms with Gasteiger partial charge in [-0.05, 0) is 37.6 Å². The standard InChI is InChI=1S/C26H31ClN6O4S2/c1-15-16(2)28-12-21-24(15)30-25(38-21)26(35)33-9-8-32(14-19(33)13-31-7-3-4-23(31)34)39(36,37)22-11-17-10-18(27)5-6-20(17)29-22/h5-6,10-11,15-16,19,28-29H,3-4,7-9,12-14H2,1-2H3. The summed E-state index contributed by atoms with van der Waals surface area (Å²) in [5.74, 6) is 0.0226. The summed E-state index contributed by atoms with van der Waals surface area (Å²) in [5, 5.41) is 5.19. The topological polar surface area (TPSA) is 119 Å². The van der Waals surface area contributed by atoms with Crippen LogP contribution >= 0.6 is 22.9 Å². The quantitative estimate of drug-likeness (QED) is 0.472. The van der Waals surface area contributed by atoms with Crippen molar-refractivity contribution in [3.63, 3.8) is 0 Å². The van der Waals surface area contributed by atoms with Gasteiger partial charge in [-0.25, -0.2) is 13.4 Å². The predicted molar refractivity (Wildman–Crippen MR) is 150 cm³/mol. The molecular formula is C26H31ClN6O4S2. The molecule has 3 aliphatic rings. The fourth-order valence-corrected chi connectivity index (χ4v) is 8.44. The van der Waals surface area contributed by atoms with Gasteiger partial charge in [-0.3, -0.25) is 9.59 Å². The molecule has 3 unspecified atom stereocenters. The summed E-state index contributed by atoms with van der Waals surface area (Å²) in [4.78, 5) is 38.6. The maximum atomic E-state index is 13.8. The number of carbonyl (C=O) groups excluding carboxylic acids is 2. The summed E-state index contributed by atoms with van der Waals surface area (Å²) in [6.07, 6.45) is 1.24. The molecule has 3 atom stereocenters. The molecule has 13 heteroatoms. The summed E-state index contributed by atoms with van der Waals surface area (Å²) in [5.41, 5.74) is 1.64. The molecule has 0 bridgehead atoms. The molecule has 0 saturated carbocycles. The molecule has 2 saturated heterocycles. The van der Waals surface area contributed by atoms with E-state index in [1.807, 2.05) is 0 Å². The van der Waals surface area contributed by atoms with Gasteiger partial charge >= 0.3 is 0 Å². The highest BCUT2D eigenvalue weighted by molar-refractivity contribution is 7.89. The molecule has 2 amide bonds. The fourth-order valence-electron chi connectivity index (χ4n) is 5.70. The third-order valence-electron chi connectivity index (χ3n) is 8.16. The average Bonchev–Trinajstić information content (AvgIpc) is 3.64. The lowest BCUT2D eigenvalue weighted by Gasteiger charge is -2.41. The van der Waals surface area contributed by atoms with Crippen LogP contribution in [0.25, 0.3) is 10.9 Å². The minimum atomic E-state index is -3.87. The number of aromatic amines is 1. The van der Waals surface area contributed by atoms with E-state index in [1.54, 1.807) is 34.1 Å². The maximum absolute atomic E-state index is 13.8. The minimum absolute atomic E-state index is 0.0356. The highest BCUT2D eigenvalue weighted by Crippen LogP contribution is 2.33. The van der Waals surface area contributed by atoms with Gasteiger partial charge in [0.15, 0.2) is 5.01 Å². The zero-order valence-corrected chi connectivity index (χ0v) is 24.2. The number of rotatable bonds is 5. The van der Waals surface area contributed by atoms with E-state index in [4.69, 9.17) is 16.6 Å². The number of halogens is 1. The highest BCUT2D eigenvalue weighted by atomic mass is 35.5. The first kappa shape index (κ1) is 26.7. The van der Waals surface area contributed by atoms with Crippen molar-refractivity contribution in [1.82, 2.24) is 29.4 Å². The molecule has 5 heterocycles. The van der Waals surface area contributed by atoms with Gasteiger partial charge in [-0.1, -0.05) is 18.5 Å². The van der Waals surface area contributed by atoms with E-state index in [0.29, 0.717) is 47.0 Å². The van der Waals surface area contributed by atoms with Crippen molar-refractivity contribution in [3.05, 3.63) is 44.9 Å². The molecule has 2 aromatic heterocycles. The number of carbonyl (C=O) groups is 2. The molecular weight excluding hydrogens is 560 g/mol. The average molecular weight is 591 g/mol. The molecule has 3 aliphatic heterocycles. The van der Waals surface area contributed by atoms with Gasteiger partial charge in [0.2, 0.25) is 5.91 Å². The van der Waals surface area contributed by atoms with Crippen LogP contribution < -0.4 is 5.32 Å². The number of likely N-dealkylation sites (tertiary alicyclic amines) is 1. The predicted octanol–water partition coefficient (Wildman–Crippen LogP) is 3.01. The van der Waals surface area contributed by atoms with Gasteiger partial charge in [-0.2, -0.15) is 4.31 Å². The molecule has 1 aromatic carbocycles. The van der Waals surface area contributed by atoms with E-state index in [2.05, 4.69) is 24.1 Å². The van der Waals surface area contributed by atoms with E-state index in [9.17, 15) is 18.0 Å². The number of benzene rings is 1. The van der Waals surface area contributed by atoms with Crippen LogP contribution in [0.2, 0.25) is 5.02 Å². The lowest BCUT2D eigenvalue weighted by molar-refractivity contribution is -0.128. The van der Waals surface area contributed by atoms with E-state index in [0.717, 1.165) is 17.0 Å². The van der Waals surface area contributed by atoms with Crippen LogP contribution in [-0.4, -0.2) is 89.1 Å². The smallest absolute Gasteiger partial charge is 0.283 e. The number of hydrogen-bond acceptors (Lipinski definition) is 7. The van der Waals surface area contributed by atoms with Gasteiger partial charge in [0.05, 0.1) is 11.7 Å². The third kappa shape index (κ3) is 4.86. The molecule has 0 spiro atoms. The maximum Gasteiger partial charge on any atom is 0.283 e. The summed E-state index contributed by atoms with van der Waals surface area (Å²) in [6, 6.07) is 6.54. The minimum Gasteiger partial charge on any atom is -0.345 e. The second-order valence-corrected chi connectivity index (χ2v) is 14.0. The lowest BCUT2D eigenvalue weighted by atomic mass is 9.95. The largest absolute Gasteiger partial charge is 0.345 e. The Morgan fingerprint density at radius 1 is 1.21 bits per heavy atom. The number of aromatic nitrogens is 2. The van der Waals surface area contributed by atoms with E-state index >= 15 is 0 Å². The van der Waals surface area contributed by atoms with Crippen LogP contribution in [0.1, 0.15) is 53.0 Å². The Bertz CT molecular complexity index is 1550. The summed E-state index contributed by atoms with van der Waals surface area (Å²) >= 11 is 7.50. The number of sulfonamides is 1. The van der Waals surface area contributed by atoms with Crippen molar-refractivity contribution in [2.45, 2.75) is 56.3 Å². The zero-order valence-electron chi connectivity index (χ0n) is 21.8.